The zero-order valence-electron chi connectivity index (χ0n) is 16.8. The number of halogens is 1. The molecule has 0 saturated heterocycles. The van der Waals surface area contributed by atoms with E-state index in [1.165, 1.54) is 29.2 Å². The zero-order valence-corrected chi connectivity index (χ0v) is 16.8. The van der Waals surface area contributed by atoms with E-state index >= 15 is 0 Å². The summed E-state index contributed by atoms with van der Waals surface area (Å²) in [6, 6.07) is 17.0. The molecular formula is C23H22FNO5. The van der Waals surface area contributed by atoms with Gasteiger partial charge >= 0.3 is 5.97 Å². The number of likely N-dealkylation sites (N-methyl/N-ethyl adjacent to an activating group) is 1. The largest absolute Gasteiger partial charge is 0.497 e. The fraction of sp³-hybridized carbons (Fsp3) is 0.217. The van der Waals surface area contributed by atoms with Crippen molar-refractivity contribution in [3.63, 3.8) is 0 Å². The molecule has 0 radical (unpaired) electrons. The van der Waals surface area contributed by atoms with Crippen LogP contribution >= 0.6 is 0 Å². The summed E-state index contributed by atoms with van der Waals surface area (Å²) in [6.07, 6.45) is 0. The molecule has 0 bridgehead atoms. The number of fused-ring (bicyclic) bond motifs is 1. The van der Waals surface area contributed by atoms with Crippen molar-refractivity contribution in [2.75, 3.05) is 27.4 Å². The first-order valence-corrected chi connectivity index (χ1v) is 9.29. The van der Waals surface area contributed by atoms with Crippen LogP contribution in [0.25, 0.3) is 10.8 Å². The summed E-state index contributed by atoms with van der Waals surface area (Å²) in [5, 5.41) is 2.08. The molecule has 3 aromatic rings. The van der Waals surface area contributed by atoms with Gasteiger partial charge in [0.2, 0.25) is 0 Å². The van der Waals surface area contributed by atoms with E-state index in [1.807, 2.05) is 36.4 Å². The van der Waals surface area contributed by atoms with Crippen molar-refractivity contribution in [2.24, 2.45) is 0 Å². The Morgan fingerprint density at radius 2 is 1.57 bits per heavy atom. The highest BCUT2D eigenvalue weighted by molar-refractivity contribution is 5.85. The Morgan fingerprint density at radius 1 is 0.900 bits per heavy atom. The highest BCUT2D eigenvalue weighted by Crippen LogP contribution is 2.22. The molecule has 0 aliphatic carbocycles. The Bertz CT molecular complexity index is 1040. The normalized spacial score (nSPS) is 10.5. The van der Waals surface area contributed by atoms with E-state index in [-0.39, 0.29) is 19.1 Å². The van der Waals surface area contributed by atoms with Gasteiger partial charge in [-0.25, -0.2) is 9.18 Å². The fourth-order valence-corrected chi connectivity index (χ4v) is 2.83. The molecule has 0 atom stereocenters. The lowest BCUT2D eigenvalue weighted by Gasteiger charge is -2.17. The van der Waals surface area contributed by atoms with Crippen LogP contribution in [-0.2, 0) is 20.9 Å². The number of amides is 1. The minimum atomic E-state index is -0.680. The van der Waals surface area contributed by atoms with E-state index in [1.54, 1.807) is 14.2 Å². The summed E-state index contributed by atoms with van der Waals surface area (Å²) in [4.78, 5) is 25.5. The molecule has 0 spiro atoms. The predicted octanol–water partition coefficient (Wildman–Crippen LogP) is 3.57. The summed E-state index contributed by atoms with van der Waals surface area (Å²) in [5.74, 6) is -0.288. The van der Waals surface area contributed by atoms with Crippen LogP contribution in [0.5, 0.6) is 11.5 Å². The second-order valence-corrected chi connectivity index (χ2v) is 6.70. The Kier molecular flexibility index (Phi) is 6.85. The molecular weight excluding hydrogens is 389 g/mol. The first kappa shape index (κ1) is 21.1. The van der Waals surface area contributed by atoms with Crippen molar-refractivity contribution >= 4 is 22.6 Å². The number of hydrogen-bond donors (Lipinski definition) is 0. The van der Waals surface area contributed by atoms with E-state index in [9.17, 15) is 14.0 Å². The van der Waals surface area contributed by atoms with Crippen LogP contribution in [0, 0.1) is 5.82 Å². The molecule has 0 heterocycles. The molecule has 30 heavy (non-hydrogen) atoms. The molecule has 1 amide bonds. The summed E-state index contributed by atoms with van der Waals surface area (Å²) in [6.45, 7) is -0.367. The van der Waals surface area contributed by atoms with Crippen molar-refractivity contribution in [1.82, 2.24) is 4.90 Å². The number of rotatable bonds is 8. The second-order valence-electron chi connectivity index (χ2n) is 6.70. The SMILES string of the molecule is COc1ccc2cc(CN(C)C(=O)COC(=O)COc3ccc(F)cc3)ccc2c1. The molecule has 0 aromatic heterocycles. The van der Waals surface area contributed by atoms with Gasteiger partial charge in [-0.2, -0.15) is 0 Å². The molecule has 3 rings (SSSR count). The molecule has 3 aromatic carbocycles. The van der Waals surface area contributed by atoms with Gasteiger partial charge in [-0.15, -0.1) is 0 Å². The third-order valence-electron chi connectivity index (χ3n) is 4.48. The monoisotopic (exact) mass is 411 g/mol. The minimum Gasteiger partial charge on any atom is -0.497 e. The Balaban J connectivity index is 1.47. The van der Waals surface area contributed by atoms with E-state index in [4.69, 9.17) is 14.2 Å². The Morgan fingerprint density at radius 3 is 2.30 bits per heavy atom. The van der Waals surface area contributed by atoms with Gasteiger partial charge < -0.3 is 19.1 Å². The van der Waals surface area contributed by atoms with Crippen molar-refractivity contribution in [2.45, 2.75) is 6.54 Å². The van der Waals surface area contributed by atoms with Crippen LogP contribution < -0.4 is 9.47 Å². The molecule has 156 valence electrons. The first-order chi connectivity index (χ1) is 14.4. The predicted molar refractivity (Wildman–Crippen MR) is 110 cm³/mol. The minimum absolute atomic E-state index is 0.333. The van der Waals surface area contributed by atoms with Crippen LogP contribution in [0.2, 0.25) is 0 Å². The maximum atomic E-state index is 12.8. The standard InChI is InChI=1S/C23H22FNO5/c1-25(13-16-3-4-18-12-21(28-2)8-5-17(18)11-16)22(26)14-30-23(27)15-29-20-9-6-19(24)7-10-20/h3-12H,13-15H2,1-2H3. The summed E-state index contributed by atoms with van der Waals surface area (Å²) in [5.41, 5.74) is 0.953. The highest BCUT2D eigenvalue weighted by Gasteiger charge is 2.13. The first-order valence-electron chi connectivity index (χ1n) is 9.29. The van der Waals surface area contributed by atoms with Gasteiger partial charge in [-0.3, -0.25) is 4.79 Å². The van der Waals surface area contributed by atoms with Crippen molar-refractivity contribution in [3.05, 3.63) is 72.0 Å². The van der Waals surface area contributed by atoms with Crippen molar-refractivity contribution < 1.29 is 28.2 Å². The van der Waals surface area contributed by atoms with E-state index in [0.717, 1.165) is 22.1 Å². The van der Waals surface area contributed by atoms with Crippen LogP contribution in [0.15, 0.2) is 60.7 Å². The summed E-state index contributed by atoms with van der Waals surface area (Å²) >= 11 is 0. The van der Waals surface area contributed by atoms with Gasteiger partial charge in [0.05, 0.1) is 7.11 Å². The van der Waals surface area contributed by atoms with E-state index < -0.39 is 11.8 Å². The molecule has 0 fully saturated rings. The van der Waals surface area contributed by atoms with Gasteiger partial charge in [0.25, 0.3) is 5.91 Å². The third-order valence-corrected chi connectivity index (χ3v) is 4.48. The van der Waals surface area contributed by atoms with Crippen LogP contribution in [0.3, 0.4) is 0 Å². The second kappa shape index (κ2) is 9.73. The maximum absolute atomic E-state index is 12.8. The van der Waals surface area contributed by atoms with Gasteiger partial charge in [-0.1, -0.05) is 18.2 Å². The van der Waals surface area contributed by atoms with Gasteiger partial charge in [0.1, 0.15) is 17.3 Å². The third kappa shape index (κ3) is 5.70. The number of hydrogen-bond acceptors (Lipinski definition) is 5. The average Bonchev–Trinajstić information content (AvgIpc) is 2.76. The molecule has 0 aliphatic rings. The van der Waals surface area contributed by atoms with Gasteiger partial charge in [0, 0.05) is 13.6 Å². The fourth-order valence-electron chi connectivity index (χ4n) is 2.83. The number of esters is 1. The quantitative estimate of drug-likeness (QED) is 0.530. The van der Waals surface area contributed by atoms with Crippen LogP contribution in [0.4, 0.5) is 4.39 Å². The van der Waals surface area contributed by atoms with E-state index in [0.29, 0.717) is 12.3 Å². The molecule has 6 nitrogen and oxygen atoms in total. The molecule has 7 heteroatoms. The highest BCUT2D eigenvalue weighted by atomic mass is 19.1. The molecule has 0 saturated carbocycles. The number of benzene rings is 3. The lowest BCUT2D eigenvalue weighted by molar-refractivity contribution is -0.153. The summed E-state index contributed by atoms with van der Waals surface area (Å²) in [7, 11) is 3.27. The van der Waals surface area contributed by atoms with Gasteiger partial charge in [-0.05, 0) is 58.8 Å². The smallest absolute Gasteiger partial charge is 0.344 e. The Hall–Kier alpha value is -3.61. The van der Waals surface area contributed by atoms with Crippen molar-refractivity contribution in [1.29, 1.82) is 0 Å². The van der Waals surface area contributed by atoms with E-state index in [2.05, 4.69) is 0 Å². The summed E-state index contributed by atoms with van der Waals surface area (Å²) < 4.78 is 28.2. The zero-order chi connectivity index (χ0) is 21.5. The lowest BCUT2D eigenvalue weighted by Crippen LogP contribution is -2.31. The number of nitrogens with zero attached hydrogens (tertiary/aromatic N) is 1. The topological polar surface area (TPSA) is 65.1 Å². The number of methoxy groups -OCH3 is 1. The van der Waals surface area contributed by atoms with Crippen molar-refractivity contribution in [3.8, 4) is 11.5 Å². The Labute approximate surface area is 173 Å². The number of ether oxygens (including phenoxy) is 3. The molecule has 0 N–H and O–H groups in total. The number of carbonyl (C=O) groups excluding carboxylic acids is 2. The lowest BCUT2D eigenvalue weighted by atomic mass is 10.1. The molecule has 0 unspecified atom stereocenters. The van der Waals surface area contributed by atoms with Crippen LogP contribution in [-0.4, -0.2) is 44.1 Å². The van der Waals surface area contributed by atoms with Crippen LogP contribution in [0.1, 0.15) is 5.56 Å². The van der Waals surface area contributed by atoms with Gasteiger partial charge in [0.15, 0.2) is 13.2 Å². The molecule has 0 aliphatic heterocycles. The number of carbonyl (C=O) groups is 2. The maximum Gasteiger partial charge on any atom is 0.344 e. The average molecular weight is 411 g/mol.